The Hall–Kier alpha value is -2.70. The number of carbonyl (C=O) groups excluding carboxylic acids is 1. The van der Waals surface area contributed by atoms with Crippen molar-refractivity contribution in [2.45, 2.75) is 33.2 Å². The number of hydrogen-bond acceptors (Lipinski definition) is 4. The van der Waals surface area contributed by atoms with Gasteiger partial charge in [0, 0.05) is 17.5 Å². The number of amides is 1. The van der Waals surface area contributed by atoms with E-state index in [0.717, 1.165) is 17.8 Å². The maximum absolute atomic E-state index is 12.2. The second-order valence-electron chi connectivity index (χ2n) is 5.57. The molecule has 2 rings (SSSR count). The number of rotatable bonds is 6. The Kier molecular flexibility index (Phi) is 5.10. The van der Waals surface area contributed by atoms with Crippen LogP contribution in [0.2, 0.25) is 0 Å². The summed E-state index contributed by atoms with van der Waals surface area (Å²) in [4.78, 5) is 27.6. The molecule has 3 N–H and O–H groups in total. The third-order valence-electron chi connectivity index (χ3n) is 3.49. The van der Waals surface area contributed by atoms with Gasteiger partial charge < -0.3 is 10.4 Å². The van der Waals surface area contributed by atoms with Gasteiger partial charge in [-0.1, -0.05) is 32.9 Å². The Morgan fingerprint density at radius 3 is 2.39 bits per heavy atom. The van der Waals surface area contributed by atoms with E-state index in [-0.39, 0.29) is 5.92 Å². The number of nitrogens with zero attached hydrogens (tertiary/aromatic N) is 2. The van der Waals surface area contributed by atoms with Gasteiger partial charge in [-0.25, -0.2) is 9.78 Å². The first-order valence-corrected chi connectivity index (χ1v) is 7.47. The van der Waals surface area contributed by atoms with Gasteiger partial charge in [0.25, 0.3) is 5.91 Å². The first kappa shape index (κ1) is 16.7. The summed E-state index contributed by atoms with van der Waals surface area (Å²) in [5.41, 5.74) is 1.18. The van der Waals surface area contributed by atoms with Gasteiger partial charge in [0.05, 0.1) is 0 Å². The lowest BCUT2D eigenvalue weighted by atomic mass is 10.0. The van der Waals surface area contributed by atoms with Crippen LogP contribution in [-0.4, -0.2) is 38.2 Å². The topological polar surface area (TPSA) is 108 Å². The third-order valence-corrected chi connectivity index (χ3v) is 3.49. The fourth-order valence-corrected chi connectivity index (χ4v) is 2.09. The molecule has 1 aromatic carbocycles. The van der Waals surface area contributed by atoms with E-state index < -0.39 is 17.9 Å². The van der Waals surface area contributed by atoms with E-state index in [4.69, 9.17) is 5.11 Å². The van der Waals surface area contributed by atoms with Crippen LogP contribution in [0.4, 0.5) is 0 Å². The van der Waals surface area contributed by atoms with Gasteiger partial charge in [-0.05, 0) is 18.1 Å². The van der Waals surface area contributed by atoms with E-state index in [1.807, 2.05) is 6.92 Å². The molecule has 1 atom stereocenters. The number of benzene rings is 1. The number of hydrogen-bond donors (Lipinski definition) is 3. The molecular weight excluding hydrogens is 296 g/mol. The highest BCUT2D eigenvalue weighted by Gasteiger charge is 2.23. The molecule has 0 saturated carbocycles. The Bertz CT molecular complexity index is 692. The van der Waals surface area contributed by atoms with E-state index in [0.29, 0.717) is 11.4 Å². The number of aromatic amines is 1. The van der Waals surface area contributed by atoms with Gasteiger partial charge in [0.1, 0.15) is 11.9 Å². The highest BCUT2D eigenvalue weighted by atomic mass is 16.4. The summed E-state index contributed by atoms with van der Waals surface area (Å²) in [7, 11) is 0. The summed E-state index contributed by atoms with van der Waals surface area (Å²) >= 11 is 0. The predicted octanol–water partition coefficient (Wildman–Crippen LogP) is 1.87. The van der Waals surface area contributed by atoms with Crippen molar-refractivity contribution in [2.75, 3.05) is 0 Å². The first-order chi connectivity index (χ1) is 10.9. The summed E-state index contributed by atoms with van der Waals surface area (Å²) in [6.45, 7) is 5.47. The number of carboxylic acids is 1. The van der Waals surface area contributed by atoms with Crippen LogP contribution in [0.15, 0.2) is 24.3 Å². The molecule has 1 heterocycles. The maximum atomic E-state index is 12.2. The van der Waals surface area contributed by atoms with Crippen LogP contribution in [0.1, 0.15) is 37.0 Å². The van der Waals surface area contributed by atoms with Crippen LogP contribution in [0.5, 0.6) is 0 Å². The highest BCUT2D eigenvalue weighted by molar-refractivity contribution is 5.96. The molecule has 0 aliphatic carbocycles. The minimum absolute atomic E-state index is 0.198. The molecule has 0 bridgehead atoms. The van der Waals surface area contributed by atoms with Crippen molar-refractivity contribution in [1.29, 1.82) is 0 Å². The third kappa shape index (κ3) is 3.94. The molecule has 0 unspecified atom stereocenters. The van der Waals surface area contributed by atoms with Crippen molar-refractivity contribution in [3.8, 4) is 11.4 Å². The van der Waals surface area contributed by atoms with Crippen LogP contribution in [0.25, 0.3) is 11.4 Å². The molecular formula is C16H20N4O3. The lowest BCUT2D eigenvalue weighted by Crippen LogP contribution is -2.44. The van der Waals surface area contributed by atoms with Crippen LogP contribution in [0, 0.1) is 5.92 Å². The predicted molar refractivity (Wildman–Crippen MR) is 84.9 cm³/mol. The van der Waals surface area contributed by atoms with Gasteiger partial charge in [0.2, 0.25) is 0 Å². The number of aryl methyl sites for hydroxylation is 1. The zero-order chi connectivity index (χ0) is 17.0. The standard InChI is InChI=1S/C16H20N4O3/c1-4-12-17-14(20-19-12)10-5-7-11(8-6-10)15(21)18-13(9(2)3)16(22)23/h5-9,13H,4H2,1-3H3,(H,18,21)(H,22,23)(H,17,19,20)/t13-/m0/s1. The largest absolute Gasteiger partial charge is 0.480 e. The molecule has 23 heavy (non-hydrogen) atoms. The molecule has 7 heteroatoms. The zero-order valence-electron chi connectivity index (χ0n) is 13.3. The summed E-state index contributed by atoms with van der Waals surface area (Å²) in [5, 5.41) is 18.6. The SMILES string of the molecule is CCc1nc(-c2ccc(C(=O)N[C@H](C(=O)O)C(C)C)cc2)n[nH]1. The average Bonchev–Trinajstić information content (AvgIpc) is 3.01. The normalized spacial score (nSPS) is 12.2. The van der Waals surface area contributed by atoms with Gasteiger partial charge in [-0.3, -0.25) is 9.89 Å². The number of carboxylic acid groups (broad SMARTS) is 1. The van der Waals surface area contributed by atoms with Gasteiger partial charge in [0.15, 0.2) is 5.82 Å². The Labute approximate surface area is 134 Å². The molecule has 7 nitrogen and oxygen atoms in total. The molecule has 0 aliphatic rings. The van der Waals surface area contributed by atoms with Crippen molar-refractivity contribution in [3.05, 3.63) is 35.7 Å². The smallest absolute Gasteiger partial charge is 0.326 e. The lowest BCUT2D eigenvalue weighted by molar-refractivity contribution is -0.140. The molecule has 0 radical (unpaired) electrons. The van der Waals surface area contributed by atoms with Gasteiger partial charge >= 0.3 is 5.97 Å². The molecule has 0 fully saturated rings. The van der Waals surface area contributed by atoms with Crippen LogP contribution >= 0.6 is 0 Å². The fourth-order valence-electron chi connectivity index (χ4n) is 2.09. The fraction of sp³-hybridized carbons (Fsp3) is 0.375. The Morgan fingerprint density at radius 1 is 1.26 bits per heavy atom. The average molecular weight is 316 g/mol. The number of aliphatic carboxylic acids is 1. The molecule has 122 valence electrons. The van der Waals surface area contributed by atoms with E-state index in [1.165, 1.54) is 0 Å². The van der Waals surface area contributed by atoms with Crippen molar-refractivity contribution in [1.82, 2.24) is 20.5 Å². The maximum Gasteiger partial charge on any atom is 0.326 e. The number of H-pyrrole nitrogens is 1. The summed E-state index contributed by atoms with van der Waals surface area (Å²) in [6.07, 6.45) is 0.763. The first-order valence-electron chi connectivity index (χ1n) is 7.47. The Morgan fingerprint density at radius 2 is 1.91 bits per heavy atom. The molecule has 2 aromatic rings. The van der Waals surface area contributed by atoms with Gasteiger partial charge in [-0.2, -0.15) is 5.10 Å². The number of aromatic nitrogens is 3. The van der Waals surface area contributed by atoms with E-state index in [2.05, 4.69) is 20.5 Å². The lowest BCUT2D eigenvalue weighted by Gasteiger charge is -2.17. The van der Waals surface area contributed by atoms with Crippen LogP contribution < -0.4 is 5.32 Å². The minimum atomic E-state index is -1.04. The monoisotopic (exact) mass is 316 g/mol. The second kappa shape index (κ2) is 7.04. The highest BCUT2D eigenvalue weighted by Crippen LogP contribution is 2.16. The number of carbonyl (C=O) groups is 2. The van der Waals surface area contributed by atoms with Crippen LogP contribution in [-0.2, 0) is 11.2 Å². The molecule has 0 spiro atoms. The van der Waals surface area contributed by atoms with E-state index >= 15 is 0 Å². The van der Waals surface area contributed by atoms with Crippen molar-refractivity contribution >= 4 is 11.9 Å². The van der Waals surface area contributed by atoms with Crippen molar-refractivity contribution in [3.63, 3.8) is 0 Å². The van der Waals surface area contributed by atoms with Crippen molar-refractivity contribution < 1.29 is 14.7 Å². The molecule has 1 amide bonds. The Balaban J connectivity index is 2.12. The quantitative estimate of drug-likeness (QED) is 0.754. The molecule has 1 aromatic heterocycles. The molecule has 0 saturated heterocycles. The van der Waals surface area contributed by atoms with E-state index in [9.17, 15) is 9.59 Å². The molecule has 0 aliphatic heterocycles. The van der Waals surface area contributed by atoms with Crippen LogP contribution in [0.3, 0.4) is 0 Å². The van der Waals surface area contributed by atoms with Gasteiger partial charge in [-0.15, -0.1) is 0 Å². The second-order valence-corrected chi connectivity index (χ2v) is 5.57. The van der Waals surface area contributed by atoms with Crippen molar-refractivity contribution in [2.24, 2.45) is 5.92 Å². The summed E-state index contributed by atoms with van der Waals surface area (Å²) in [6, 6.07) is 5.82. The summed E-state index contributed by atoms with van der Waals surface area (Å²) < 4.78 is 0. The number of nitrogens with one attached hydrogen (secondary N) is 2. The minimum Gasteiger partial charge on any atom is -0.480 e. The summed E-state index contributed by atoms with van der Waals surface area (Å²) in [5.74, 6) is -0.293. The van der Waals surface area contributed by atoms with E-state index in [1.54, 1.807) is 38.1 Å². The zero-order valence-corrected chi connectivity index (χ0v) is 13.3.